The lowest BCUT2D eigenvalue weighted by Gasteiger charge is -2.40. The Morgan fingerprint density at radius 3 is 1.75 bits per heavy atom. The van der Waals surface area contributed by atoms with E-state index in [0.717, 1.165) is 21.6 Å². The topological polar surface area (TPSA) is 308 Å². The number of anilines is 1. The molecule has 7 amide bonds. The molecule has 0 fully saturated rings. The van der Waals surface area contributed by atoms with Gasteiger partial charge in [-0.1, -0.05) is 152 Å². The van der Waals surface area contributed by atoms with Gasteiger partial charge in [0.25, 0.3) is 27.7 Å². The molecule has 0 aliphatic carbocycles. The minimum atomic E-state index is -4.49. The van der Waals surface area contributed by atoms with E-state index in [0.29, 0.717) is 19.4 Å². The number of nitrogens with zero attached hydrogens (tertiary/aromatic N) is 2. The van der Waals surface area contributed by atoms with Gasteiger partial charge in [0.1, 0.15) is 11.8 Å². The van der Waals surface area contributed by atoms with Crippen LogP contribution in [0.2, 0.25) is 0 Å². The van der Waals surface area contributed by atoms with Crippen molar-refractivity contribution in [3.63, 3.8) is 0 Å². The number of unbranched alkanes of at least 4 members (excludes halogenated alkanes) is 1. The molecule has 23 heteroatoms. The lowest BCUT2D eigenvalue weighted by molar-refractivity contribution is -0.141. The van der Waals surface area contributed by atoms with Crippen LogP contribution in [0, 0.1) is 23.2 Å². The number of rotatable bonds is 41. The highest BCUT2D eigenvalue weighted by molar-refractivity contribution is 7.90. The van der Waals surface area contributed by atoms with Crippen molar-refractivity contribution in [2.75, 3.05) is 72.1 Å². The fourth-order valence-electron chi connectivity index (χ4n) is 11.1. The molecule has 4 aromatic rings. The molecule has 6 atom stereocenters. The first kappa shape index (κ1) is 77.6. The molecule has 5 rings (SSSR count). The van der Waals surface area contributed by atoms with Crippen LogP contribution < -0.4 is 31.7 Å². The van der Waals surface area contributed by atoms with Crippen LogP contribution in [0.5, 0.6) is 0 Å². The number of ether oxygens (including phenoxy) is 3. The monoisotopic (exact) mass is 1330 g/mol. The molecular weight excluding hydrogens is 1230 g/mol. The molecule has 1 aliphatic rings. The van der Waals surface area contributed by atoms with Crippen molar-refractivity contribution in [1.29, 1.82) is 0 Å². The number of sulfonamides is 1. The van der Waals surface area contributed by atoms with E-state index in [2.05, 4.69) is 26.0 Å². The fraction of sp³-hybridized carbons (Fsp3) is 0.486. The highest BCUT2D eigenvalue weighted by Gasteiger charge is 2.42. The van der Waals surface area contributed by atoms with E-state index < -0.39 is 86.3 Å². The molecule has 7 N–H and O–H groups in total. The van der Waals surface area contributed by atoms with Crippen molar-refractivity contribution < 1.29 is 65.8 Å². The van der Waals surface area contributed by atoms with Crippen LogP contribution in [0.25, 0.3) is 0 Å². The predicted molar refractivity (Wildman–Crippen MR) is 364 cm³/mol. The number of hydrogen-bond acceptors (Lipinski definition) is 16. The van der Waals surface area contributed by atoms with Gasteiger partial charge in [0.2, 0.25) is 23.6 Å². The van der Waals surface area contributed by atoms with E-state index in [4.69, 9.17) is 19.9 Å². The van der Waals surface area contributed by atoms with Gasteiger partial charge in [-0.3, -0.25) is 48.1 Å². The molecule has 22 nitrogen and oxygen atoms in total. The number of carbonyl (C=O) groups excluding carboxylic acids is 9. The van der Waals surface area contributed by atoms with Crippen molar-refractivity contribution in [1.82, 2.24) is 30.5 Å². The predicted octanol–water partition coefficient (Wildman–Crippen LogP) is 6.57. The average molecular weight is 1330 g/mol. The normalized spacial score (nSPS) is 14.7. The summed E-state index contributed by atoms with van der Waals surface area (Å²) in [5.74, 6) is -6.21. The summed E-state index contributed by atoms with van der Waals surface area (Å²) >= 11 is 0. The molecule has 0 unspecified atom stereocenters. The maximum atomic E-state index is 14.6. The summed E-state index contributed by atoms with van der Waals surface area (Å²) in [5, 5.41) is 11.9. The van der Waals surface area contributed by atoms with Gasteiger partial charge in [-0.15, -0.1) is 0 Å². The van der Waals surface area contributed by atoms with Crippen molar-refractivity contribution in [2.24, 2.45) is 28.9 Å². The number of hydrogen-bond donors (Lipinski definition) is 6. The Labute approximate surface area is 560 Å². The van der Waals surface area contributed by atoms with Crippen molar-refractivity contribution in [3.8, 4) is 0 Å². The number of ketones is 2. The minimum absolute atomic E-state index is 0.0119. The number of imide groups is 1. The first-order chi connectivity index (χ1) is 45.1. The number of carbonyl (C=O) groups is 9. The summed E-state index contributed by atoms with van der Waals surface area (Å²) in [6.07, 6.45) is 5.15. The van der Waals surface area contributed by atoms with Crippen molar-refractivity contribution in [3.05, 3.63) is 156 Å². The van der Waals surface area contributed by atoms with E-state index in [1.807, 2.05) is 139 Å². The van der Waals surface area contributed by atoms with Crippen LogP contribution in [0.1, 0.15) is 111 Å². The van der Waals surface area contributed by atoms with E-state index in [-0.39, 0.29) is 130 Å². The fourth-order valence-corrected chi connectivity index (χ4v) is 12.1. The van der Waals surface area contributed by atoms with E-state index >= 15 is 0 Å². The summed E-state index contributed by atoms with van der Waals surface area (Å²) in [5.41, 5.74) is 7.15. The Hall–Kier alpha value is -8.06. The summed E-state index contributed by atoms with van der Waals surface area (Å²) in [6.45, 7) is 16.2. The summed E-state index contributed by atoms with van der Waals surface area (Å²) in [6, 6.07) is 29.6. The zero-order chi connectivity index (χ0) is 69.9. The lowest BCUT2D eigenvalue weighted by atomic mass is 9.76. The maximum absolute atomic E-state index is 14.6. The van der Waals surface area contributed by atoms with Crippen molar-refractivity contribution >= 4 is 68.6 Å². The van der Waals surface area contributed by atoms with Crippen LogP contribution in [0.3, 0.4) is 0 Å². The molecule has 516 valence electrons. The third kappa shape index (κ3) is 24.6. The Kier molecular flexibility index (Phi) is 31.0. The second-order valence-corrected chi connectivity index (χ2v) is 27.6. The SMILES string of the molecule is CN[C@H](C(=O)N[C@H](C(=O)N(C)[C@H](/C=C(\C)C(=O)NS(=O)(=O)c1ccc(NC(=O)[C@H](CCCCN)CC(=O)[C@H](Cc2ccccc2)NC(=O)[C@H](CC(=O)CCOCCOCCOCCN2C(=O)C=CC2=O)Cc2ccccc2)cc1)C(C)C)C(C)(C)C)C(C)(C)c1ccccc1. The van der Waals surface area contributed by atoms with E-state index in [1.165, 1.54) is 54.3 Å². The van der Waals surface area contributed by atoms with Gasteiger partial charge < -0.3 is 46.1 Å². The second-order valence-electron chi connectivity index (χ2n) is 25.9. The number of benzene rings is 4. The number of likely N-dealkylation sites (N-methyl/N-ethyl adjacent to an activating group) is 2. The summed E-state index contributed by atoms with van der Waals surface area (Å²) in [4.78, 5) is 125. The maximum Gasteiger partial charge on any atom is 0.264 e. The molecule has 1 heterocycles. The molecule has 1 aliphatic heterocycles. The van der Waals surface area contributed by atoms with Gasteiger partial charge in [-0.2, -0.15) is 0 Å². The Morgan fingerprint density at radius 2 is 1.20 bits per heavy atom. The molecule has 0 saturated heterocycles. The van der Waals surface area contributed by atoms with Crippen LogP contribution in [-0.2, 0) is 85.6 Å². The standard InChI is InChI=1S/C72H98N8O14S/c1-49(2)60(79(10)70(89)65(71(4,5)6)77-69(88)64(74-9)72(7,8)55-27-18-13-19-28-55)44-50(3)66(85)78-95(90,91)58-31-29-56(30-32-58)75-67(86)53(26-20-21-36-73)48-61(82)59(46-52-24-16-12-17-25-52)76-68(87)54(45-51-22-14-11-15-23-51)47-57(81)35-38-92-40-42-94-43-41-93-39-37-80-62(83)33-34-63(80)84/h11-19,22-25,27-34,44,49,53-54,59-60,64-65,74H,20-21,26,35-43,45-48,73H2,1-10H3,(H,75,86)(H,76,87)(H,77,88)(H,78,85)/b50-44+/t53-,54+,59+,60-,64-,65-/m1/s1. The molecule has 0 radical (unpaired) electrons. The van der Waals surface area contributed by atoms with Crippen LogP contribution in [0.15, 0.2) is 144 Å². The first-order valence-corrected chi connectivity index (χ1v) is 33.9. The molecule has 0 spiro atoms. The highest BCUT2D eigenvalue weighted by atomic mass is 32.2. The van der Waals surface area contributed by atoms with E-state index in [1.54, 1.807) is 14.1 Å². The quantitative estimate of drug-likeness (QED) is 0.0155. The highest BCUT2D eigenvalue weighted by Crippen LogP contribution is 2.30. The Morgan fingerprint density at radius 1 is 0.653 bits per heavy atom. The van der Waals surface area contributed by atoms with Crippen LogP contribution in [0.4, 0.5) is 5.69 Å². The third-order valence-corrected chi connectivity index (χ3v) is 18.1. The van der Waals surface area contributed by atoms with Gasteiger partial charge in [0, 0.05) is 67.0 Å². The molecular formula is C72H98N8O14S. The number of nitrogens with two attached hydrogens (primary N) is 1. The van der Waals surface area contributed by atoms with Gasteiger partial charge >= 0.3 is 0 Å². The molecule has 4 aromatic carbocycles. The van der Waals surface area contributed by atoms with Gasteiger partial charge in [-0.25, -0.2) is 13.1 Å². The zero-order valence-corrected chi connectivity index (χ0v) is 57.5. The van der Waals surface area contributed by atoms with Crippen LogP contribution in [-0.4, -0.2) is 162 Å². The number of nitrogens with one attached hydrogen (secondary N) is 5. The number of Topliss-reactive ketones (excluding diaryl/α,β-unsaturated/α-hetero) is 2. The second kappa shape index (κ2) is 37.9. The first-order valence-electron chi connectivity index (χ1n) is 32.4. The molecule has 0 bridgehead atoms. The number of amides is 7. The zero-order valence-electron chi connectivity index (χ0n) is 56.7. The van der Waals surface area contributed by atoms with Gasteiger partial charge in [0.15, 0.2) is 5.78 Å². The van der Waals surface area contributed by atoms with Gasteiger partial charge in [-0.05, 0) is 98.5 Å². The third-order valence-electron chi connectivity index (χ3n) is 16.7. The van der Waals surface area contributed by atoms with Crippen LogP contribution >= 0.6 is 0 Å². The molecule has 0 aromatic heterocycles. The average Bonchev–Trinajstić information content (AvgIpc) is 1.28. The van der Waals surface area contributed by atoms with Gasteiger partial charge in [0.05, 0.1) is 69.2 Å². The van der Waals surface area contributed by atoms with E-state index in [9.17, 15) is 51.6 Å². The Bertz CT molecular complexity index is 3360. The smallest absolute Gasteiger partial charge is 0.264 e. The summed E-state index contributed by atoms with van der Waals surface area (Å²) < 4.78 is 46.4. The Balaban J connectivity index is 1.22. The van der Waals surface area contributed by atoms with Crippen molar-refractivity contribution in [2.45, 2.75) is 141 Å². The molecule has 95 heavy (non-hydrogen) atoms. The lowest BCUT2D eigenvalue weighted by Crippen LogP contribution is -2.61. The minimum Gasteiger partial charge on any atom is -0.379 e. The largest absolute Gasteiger partial charge is 0.379 e. The summed E-state index contributed by atoms with van der Waals surface area (Å²) in [7, 11) is -1.22. The molecule has 0 saturated carbocycles.